The van der Waals surface area contributed by atoms with Gasteiger partial charge < -0.3 is 13.9 Å². The van der Waals surface area contributed by atoms with Crippen LogP contribution < -0.4 is 10.2 Å². The van der Waals surface area contributed by atoms with Crippen LogP contribution in [0.15, 0.2) is 57.9 Å². The number of halogens is 1. The first-order valence-electron chi connectivity index (χ1n) is 8.54. The van der Waals surface area contributed by atoms with Gasteiger partial charge in [0.2, 0.25) is 5.43 Å². The van der Waals surface area contributed by atoms with Gasteiger partial charge in [-0.1, -0.05) is 29.8 Å². The Bertz CT molecular complexity index is 1040. The van der Waals surface area contributed by atoms with Crippen molar-refractivity contribution in [3.05, 3.63) is 64.0 Å². The second-order valence-electron chi connectivity index (χ2n) is 6.36. The first-order valence-corrected chi connectivity index (χ1v) is 8.92. The summed E-state index contributed by atoms with van der Waals surface area (Å²) < 4.78 is 16.3. The van der Waals surface area contributed by atoms with Gasteiger partial charge in [-0.05, 0) is 39.0 Å². The van der Waals surface area contributed by atoms with E-state index in [1.165, 1.54) is 6.26 Å². The van der Waals surface area contributed by atoms with Crippen molar-refractivity contribution in [1.29, 1.82) is 0 Å². The molecule has 1 unspecified atom stereocenters. The van der Waals surface area contributed by atoms with Crippen LogP contribution in [0.3, 0.4) is 0 Å². The maximum absolute atomic E-state index is 12.8. The molecular formula is C21H19ClO5. The van der Waals surface area contributed by atoms with Crippen LogP contribution in [0.2, 0.25) is 5.02 Å². The minimum atomic E-state index is -0.779. The summed E-state index contributed by atoms with van der Waals surface area (Å²) in [6.07, 6.45) is 0.381. The van der Waals surface area contributed by atoms with E-state index in [-0.39, 0.29) is 11.5 Å². The highest BCUT2D eigenvalue weighted by atomic mass is 35.5. The van der Waals surface area contributed by atoms with E-state index in [2.05, 4.69) is 0 Å². The standard InChI is InChI=1S/C21H19ClO5/c1-12(2)26-21(24)13(3)27-14-8-9-16-19(10-14)25-11-17(20(16)23)15-6-4-5-7-18(15)22/h4-13H,1-3H3. The van der Waals surface area contributed by atoms with Crippen LogP contribution in [-0.4, -0.2) is 18.2 Å². The molecule has 1 atom stereocenters. The molecule has 27 heavy (non-hydrogen) atoms. The summed E-state index contributed by atoms with van der Waals surface area (Å²) in [5.41, 5.74) is 1.16. The van der Waals surface area contributed by atoms with Crippen LogP contribution in [0.1, 0.15) is 20.8 Å². The van der Waals surface area contributed by atoms with Crippen molar-refractivity contribution in [2.75, 3.05) is 0 Å². The molecule has 2 aromatic carbocycles. The molecule has 0 N–H and O–H groups in total. The zero-order valence-electron chi connectivity index (χ0n) is 15.2. The molecule has 3 aromatic rings. The van der Waals surface area contributed by atoms with Crippen LogP contribution in [0.25, 0.3) is 22.1 Å². The third kappa shape index (κ3) is 4.14. The quantitative estimate of drug-likeness (QED) is 0.587. The van der Waals surface area contributed by atoms with E-state index >= 15 is 0 Å². The molecule has 140 valence electrons. The highest BCUT2D eigenvalue weighted by Crippen LogP contribution is 2.28. The fourth-order valence-corrected chi connectivity index (χ4v) is 2.87. The lowest BCUT2D eigenvalue weighted by atomic mass is 10.1. The second kappa shape index (κ2) is 7.84. The number of fused-ring (bicyclic) bond motifs is 1. The minimum absolute atomic E-state index is 0.192. The summed E-state index contributed by atoms with van der Waals surface area (Å²) in [5.74, 6) is -0.0510. The molecule has 1 heterocycles. The van der Waals surface area contributed by atoms with Gasteiger partial charge in [0.05, 0.1) is 17.1 Å². The summed E-state index contributed by atoms with van der Waals surface area (Å²) in [4.78, 5) is 24.7. The van der Waals surface area contributed by atoms with Crippen molar-refractivity contribution in [2.45, 2.75) is 33.0 Å². The monoisotopic (exact) mass is 386 g/mol. The van der Waals surface area contributed by atoms with E-state index in [0.717, 1.165) is 0 Å². The van der Waals surface area contributed by atoms with Gasteiger partial charge >= 0.3 is 5.97 Å². The van der Waals surface area contributed by atoms with Gasteiger partial charge in [0.15, 0.2) is 6.10 Å². The number of hydrogen-bond donors (Lipinski definition) is 0. The summed E-state index contributed by atoms with van der Waals surface area (Å²) in [5, 5.41) is 0.874. The van der Waals surface area contributed by atoms with Gasteiger partial charge in [-0.25, -0.2) is 4.79 Å². The SMILES string of the molecule is CC(C)OC(=O)C(C)Oc1ccc2c(=O)c(-c3ccccc3Cl)coc2c1. The van der Waals surface area contributed by atoms with Gasteiger partial charge in [-0.3, -0.25) is 4.79 Å². The molecule has 0 saturated carbocycles. The fourth-order valence-electron chi connectivity index (χ4n) is 2.63. The van der Waals surface area contributed by atoms with Gasteiger partial charge in [0, 0.05) is 16.7 Å². The van der Waals surface area contributed by atoms with Crippen molar-refractivity contribution in [3.63, 3.8) is 0 Å². The predicted octanol–water partition coefficient (Wildman–Crippen LogP) is 4.83. The number of benzene rings is 2. The average molecular weight is 387 g/mol. The molecule has 0 aliphatic heterocycles. The second-order valence-corrected chi connectivity index (χ2v) is 6.77. The maximum Gasteiger partial charge on any atom is 0.347 e. The van der Waals surface area contributed by atoms with E-state index in [4.69, 9.17) is 25.5 Å². The predicted molar refractivity (Wildman–Crippen MR) is 104 cm³/mol. The van der Waals surface area contributed by atoms with Crippen molar-refractivity contribution >= 4 is 28.5 Å². The minimum Gasteiger partial charge on any atom is -0.479 e. The van der Waals surface area contributed by atoms with E-state index in [0.29, 0.717) is 32.9 Å². The Morgan fingerprint density at radius 1 is 1.07 bits per heavy atom. The Hall–Kier alpha value is -2.79. The molecule has 0 fully saturated rings. The van der Waals surface area contributed by atoms with Crippen molar-refractivity contribution in [1.82, 2.24) is 0 Å². The van der Waals surface area contributed by atoms with E-state index in [9.17, 15) is 9.59 Å². The highest BCUT2D eigenvalue weighted by Gasteiger charge is 2.18. The molecule has 0 spiro atoms. The number of rotatable bonds is 5. The Balaban J connectivity index is 1.92. The Morgan fingerprint density at radius 3 is 2.52 bits per heavy atom. The van der Waals surface area contributed by atoms with Gasteiger partial charge in [-0.15, -0.1) is 0 Å². The molecule has 3 rings (SSSR count). The van der Waals surface area contributed by atoms with E-state index in [1.807, 2.05) is 0 Å². The number of esters is 1. The number of ether oxygens (including phenoxy) is 2. The first kappa shape index (κ1) is 19.0. The molecule has 0 aliphatic rings. The summed E-state index contributed by atoms with van der Waals surface area (Å²) >= 11 is 6.19. The van der Waals surface area contributed by atoms with Crippen molar-refractivity contribution in [3.8, 4) is 16.9 Å². The van der Waals surface area contributed by atoms with Crippen LogP contribution >= 0.6 is 11.6 Å². The lowest BCUT2D eigenvalue weighted by Crippen LogP contribution is -2.28. The van der Waals surface area contributed by atoms with Crippen molar-refractivity contribution in [2.24, 2.45) is 0 Å². The van der Waals surface area contributed by atoms with Gasteiger partial charge in [0.1, 0.15) is 17.6 Å². The first-order chi connectivity index (χ1) is 12.9. The molecule has 1 aromatic heterocycles. The van der Waals surface area contributed by atoms with E-state index in [1.54, 1.807) is 63.2 Å². The lowest BCUT2D eigenvalue weighted by Gasteiger charge is -2.16. The third-order valence-corrected chi connectivity index (χ3v) is 4.24. The molecule has 6 heteroatoms. The lowest BCUT2D eigenvalue weighted by molar-refractivity contribution is -0.154. The van der Waals surface area contributed by atoms with E-state index < -0.39 is 12.1 Å². The number of carbonyl (C=O) groups excluding carboxylic acids is 1. The summed E-state index contributed by atoms with van der Waals surface area (Å²) in [6, 6.07) is 11.9. The highest BCUT2D eigenvalue weighted by molar-refractivity contribution is 6.33. The molecular weight excluding hydrogens is 368 g/mol. The normalized spacial score (nSPS) is 12.2. The van der Waals surface area contributed by atoms with Crippen LogP contribution in [-0.2, 0) is 9.53 Å². The van der Waals surface area contributed by atoms with Crippen LogP contribution in [0, 0.1) is 0 Å². The van der Waals surface area contributed by atoms with Crippen LogP contribution in [0.5, 0.6) is 5.75 Å². The Kier molecular flexibility index (Phi) is 5.51. The summed E-state index contributed by atoms with van der Waals surface area (Å²) in [7, 11) is 0. The van der Waals surface area contributed by atoms with Gasteiger partial charge in [-0.2, -0.15) is 0 Å². The Labute approximate surface area is 161 Å². The zero-order valence-corrected chi connectivity index (χ0v) is 15.9. The molecule has 0 radical (unpaired) electrons. The van der Waals surface area contributed by atoms with Gasteiger partial charge in [0.25, 0.3) is 0 Å². The molecule has 0 bridgehead atoms. The maximum atomic E-state index is 12.8. The number of carbonyl (C=O) groups is 1. The van der Waals surface area contributed by atoms with Crippen LogP contribution in [0.4, 0.5) is 0 Å². The third-order valence-electron chi connectivity index (χ3n) is 3.91. The smallest absolute Gasteiger partial charge is 0.347 e. The zero-order chi connectivity index (χ0) is 19.6. The fraction of sp³-hybridized carbons (Fsp3) is 0.238. The topological polar surface area (TPSA) is 65.7 Å². The average Bonchev–Trinajstić information content (AvgIpc) is 2.62. The molecule has 0 aliphatic carbocycles. The summed E-state index contributed by atoms with van der Waals surface area (Å²) in [6.45, 7) is 5.14. The Morgan fingerprint density at radius 2 is 1.81 bits per heavy atom. The number of hydrogen-bond acceptors (Lipinski definition) is 5. The largest absolute Gasteiger partial charge is 0.479 e. The molecule has 0 saturated heterocycles. The molecule has 5 nitrogen and oxygen atoms in total. The molecule has 0 amide bonds. The van der Waals surface area contributed by atoms with Crippen molar-refractivity contribution < 1.29 is 18.7 Å².